The second kappa shape index (κ2) is 5.63. The average molecular weight is 268 g/mol. The zero-order valence-corrected chi connectivity index (χ0v) is 11.2. The number of halogens is 1. The van der Waals surface area contributed by atoms with E-state index in [2.05, 4.69) is 0 Å². The van der Waals surface area contributed by atoms with E-state index in [0.717, 1.165) is 31.7 Å². The monoisotopic (exact) mass is 268 g/mol. The highest BCUT2D eigenvalue weighted by Crippen LogP contribution is 2.24. The van der Waals surface area contributed by atoms with Crippen LogP contribution in [-0.2, 0) is 4.74 Å². The number of nitrogens with two attached hydrogens (primary N) is 1. The number of nitrogens with zero attached hydrogens (tertiary/aromatic N) is 1. The summed E-state index contributed by atoms with van der Waals surface area (Å²) in [5, 5.41) is 0. The van der Waals surface area contributed by atoms with Gasteiger partial charge in [-0.3, -0.25) is 0 Å². The molecule has 5 heteroatoms. The first-order chi connectivity index (χ1) is 8.59. The van der Waals surface area contributed by atoms with E-state index in [-0.39, 0.29) is 16.9 Å². The molecule has 0 aromatic heterocycles. The predicted molar refractivity (Wildman–Crippen MR) is 74.5 cm³/mol. The van der Waals surface area contributed by atoms with Gasteiger partial charge in [-0.15, -0.1) is 0 Å². The molecule has 0 bridgehead atoms. The Morgan fingerprint density at radius 3 is 3.00 bits per heavy atom. The number of ether oxygens (including phenoxy) is 1. The van der Waals surface area contributed by atoms with Crippen LogP contribution in [0.1, 0.15) is 18.4 Å². The minimum absolute atomic E-state index is 0.0855. The predicted octanol–water partition coefficient (Wildman–Crippen LogP) is 2.08. The maximum absolute atomic E-state index is 13.7. The molecule has 0 radical (unpaired) electrons. The maximum Gasteiger partial charge on any atom is 0.135 e. The summed E-state index contributed by atoms with van der Waals surface area (Å²) in [6, 6.07) is 4.86. The SMILES string of the molecule is CN(CC1CCCO1)c1cccc(F)c1C(N)=S. The standard InChI is InChI=1S/C13H17FN2OS/c1-16(8-9-4-3-7-17-9)11-6-2-5-10(14)12(11)13(15)18/h2,5-6,9H,3-4,7-8H2,1H3,(H2,15,18). The van der Waals surface area contributed by atoms with E-state index in [9.17, 15) is 4.39 Å². The summed E-state index contributed by atoms with van der Waals surface area (Å²) in [7, 11) is 1.90. The van der Waals surface area contributed by atoms with Crippen molar-refractivity contribution in [2.24, 2.45) is 5.73 Å². The van der Waals surface area contributed by atoms with Crippen molar-refractivity contribution in [2.45, 2.75) is 18.9 Å². The van der Waals surface area contributed by atoms with Gasteiger partial charge >= 0.3 is 0 Å². The van der Waals surface area contributed by atoms with Crippen molar-refractivity contribution in [3.8, 4) is 0 Å². The third-order valence-corrected chi connectivity index (χ3v) is 3.35. The summed E-state index contributed by atoms with van der Waals surface area (Å²) < 4.78 is 19.3. The first-order valence-corrected chi connectivity index (χ1v) is 6.41. The van der Waals surface area contributed by atoms with E-state index in [1.54, 1.807) is 6.07 Å². The number of thiocarbonyl (C=S) groups is 1. The average Bonchev–Trinajstić information content (AvgIpc) is 2.80. The second-order valence-electron chi connectivity index (χ2n) is 4.51. The highest BCUT2D eigenvalue weighted by atomic mass is 32.1. The topological polar surface area (TPSA) is 38.5 Å². The number of hydrogen-bond donors (Lipinski definition) is 1. The lowest BCUT2D eigenvalue weighted by Gasteiger charge is -2.25. The Bertz CT molecular complexity index is 447. The quantitative estimate of drug-likeness (QED) is 0.849. The first-order valence-electron chi connectivity index (χ1n) is 6.00. The fourth-order valence-corrected chi connectivity index (χ4v) is 2.47. The van der Waals surface area contributed by atoms with E-state index in [1.807, 2.05) is 18.0 Å². The number of benzene rings is 1. The molecule has 1 atom stereocenters. The van der Waals surface area contributed by atoms with Crippen molar-refractivity contribution in [1.82, 2.24) is 0 Å². The molecule has 18 heavy (non-hydrogen) atoms. The van der Waals surface area contributed by atoms with Crippen LogP contribution in [-0.4, -0.2) is 31.3 Å². The van der Waals surface area contributed by atoms with Crippen molar-refractivity contribution < 1.29 is 9.13 Å². The van der Waals surface area contributed by atoms with Crippen molar-refractivity contribution in [2.75, 3.05) is 25.1 Å². The molecule has 2 N–H and O–H groups in total. The molecule has 1 aromatic rings. The third kappa shape index (κ3) is 2.79. The zero-order chi connectivity index (χ0) is 13.1. The van der Waals surface area contributed by atoms with Gasteiger partial charge in [-0.2, -0.15) is 0 Å². The third-order valence-electron chi connectivity index (χ3n) is 3.15. The Hall–Kier alpha value is -1.20. The normalized spacial score (nSPS) is 18.9. The summed E-state index contributed by atoms with van der Waals surface area (Å²) in [4.78, 5) is 2.04. The largest absolute Gasteiger partial charge is 0.389 e. The molecule has 1 heterocycles. The van der Waals surface area contributed by atoms with E-state index in [0.29, 0.717) is 5.56 Å². The number of rotatable bonds is 4. The van der Waals surface area contributed by atoms with Crippen molar-refractivity contribution in [1.29, 1.82) is 0 Å². The van der Waals surface area contributed by atoms with E-state index < -0.39 is 0 Å². The summed E-state index contributed by atoms with van der Waals surface area (Å²) in [5.41, 5.74) is 6.63. The number of likely N-dealkylation sites (N-methyl/N-ethyl adjacent to an activating group) is 1. The van der Waals surface area contributed by atoms with Gasteiger partial charge < -0.3 is 15.4 Å². The van der Waals surface area contributed by atoms with Crippen LogP contribution in [0, 0.1) is 5.82 Å². The lowest BCUT2D eigenvalue weighted by molar-refractivity contribution is 0.116. The molecule has 0 aliphatic carbocycles. The Morgan fingerprint density at radius 1 is 1.61 bits per heavy atom. The Kier molecular flexibility index (Phi) is 4.14. The van der Waals surface area contributed by atoms with Crippen LogP contribution < -0.4 is 10.6 Å². The fraction of sp³-hybridized carbons (Fsp3) is 0.462. The van der Waals surface area contributed by atoms with Crippen LogP contribution >= 0.6 is 12.2 Å². The van der Waals surface area contributed by atoms with Gasteiger partial charge in [0.25, 0.3) is 0 Å². The summed E-state index contributed by atoms with van der Waals surface area (Å²) in [5.74, 6) is -0.376. The molecule has 1 aliphatic heterocycles. The van der Waals surface area contributed by atoms with Crippen LogP contribution in [0.5, 0.6) is 0 Å². The minimum Gasteiger partial charge on any atom is -0.389 e. The molecular weight excluding hydrogens is 251 g/mol. The first kappa shape index (κ1) is 13.2. The van der Waals surface area contributed by atoms with Crippen LogP contribution in [0.25, 0.3) is 0 Å². The van der Waals surface area contributed by atoms with E-state index in [1.165, 1.54) is 6.07 Å². The molecule has 1 aliphatic rings. The van der Waals surface area contributed by atoms with Gasteiger partial charge in [0.15, 0.2) is 0 Å². The van der Waals surface area contributed by atoms with Gasteiger partial charge in [0.2, 0.25) is 0 Å². The van der Waals surface area contributed by atoms with Crippen LogP contribution in [0.2, 0.25) is 0 Å². The second-order valence-corrected chi connectivity index (χ2v) is 4.95. The van der Waals surface area contributed by atoms with Crippen molar-refractivity contribution >= 4 is 22.9 Å². The minimum atomic E-state index is -0.376. The van der Waals surface area contributed by atoms with E-state index >= 15 is 0 Å². The van der Waals surface area contributed by atoms with Gasteiger partial charge in [-0.1, -0.05) is 18.3 Å². The van der Waals surface area contributed by atoms with E-state index in [4.69, 9.17) is 22.7 Å². The molecule has 0 spiro atoms. The highest BCUT2D eigenvalue weighted by molar-refractivity contribution is 7.80. The van der Waals surface area contributed by atoms with Crippen LogP contribution in [0.15, 0.2) is 18.2 Å². The Labute approximate surface area is 112 Å². The fourth-order valence-electron chi connectivity index (χ4n) is 2.27. The Balaban J connectivity index is 2.20. The van der Waals surface area contributed by atoms with Crippen LogP contribution in [0.4, 0.5) is 10.1 Å². The van der Waals surface area contributed by atoms with Crippen molar-refractivity contribution in [3.63, 3.8) is 0 Å². The maximum atomic E-state index is 13.7. The molecule has 3 nitrogen and oxygen atoms in total. The van der Waals surface area contributed by atoms with Gasteiger partial charge in [0.05, 0.1) is 11.7 Å². The molecule has 98 valence electrons. The lowest BCUT2D eigenvalue weighted by Crippen LogP contribution is -2.30. The molecule has 1 saturated heterocycles. The lowest BCUT2D eigenvalue weighted by atomic mass is 10.1. The molecule has 0 amide bonds. The molecule has 0 saturated carbocycles. The van der Waals surface area contributed by atoms with Gasteiger partial charge in [0, 0.05) is 25.9 Å². The van der Waals surface area contributed by atoms with Gasteiger partial charge in [-0.25, -0.2) is 4.39 Å². The Morgan fingerprint density at radius 2 is 2.39 bits per heavy atom. The van der Waals surface area contributed by atoms with Gasteiger partial charge in [-0.05, 0) is 25.0 Å². The summed E-state index contributed by atoms with van der Waals surface area (Å²) in [6.45, 7) is 1.53. The summed E-state index contributed by atoms with van der Waals surface area (Å²) >= 11 is 4.92. The number of hydrogen-bond acceptors (Lipinski definition) is 3. The van der Waals surface area contributed by atoms with Gasteiger partial charge in [0.1, 0.15) is 10.8 Å². The molecule has 1 aromatic carbocycles. The molecular formula is C13H17FN2OS. The van der Waals surface area contributed by atoms with Crippen molar-refractivity contribution in [3.05, 3.63) is 29.6 Å². The highest BCUT2D eigenvalue weighted by Gasteiger charge is 2.20. The molecule has 2 rings (SSSR count). The number of anilines is 1. The smallest absolute Gasteiger partial charge is 0.135 e. The van der Waals surface area contributed by atoms with Crippen LogP contribution in [0.3, 0.4) is 0 Å². The molecule has 1 unspecified atom stereocenters. The zero-order valence-electron chi connectivity index (χ0n) is 10.4. The summed E-state index contributed by atoms with van der Waals surface area (Å²) in [6.07, 6.45) is 2.34. The molecule has 1 fully saturated rings.